The summed E-state index contributed by atoms with van der Waals surface area (Å²) in [6.07, 6.45) is 5.51. The van der Waals surface area contributed by atoms with E-state index in [2.05, 4.69) is 15.2 Å². The maximum absolute atomic E-state index is 12.7. The molecular weight excluding hydrogens is 436 g/mol. The molecule has 2 aliphatic rings. The minimum atomic E-state index is -0.360. The minimum absolute atomic E-state index is 0.101. The van der Waals surface area contributed by atoms with Gasteiger partial charge in [-0.1, -0.05) is 18.6 Å². The predicted molar refractivity (Wildman–Crippen MR) is 125 cm³/mol. The van der Waals surface area contributed by atoms with Crippen molar-refractivity contribution in [1.29, 1.82) is 0 Å². The number of hydrogen-bond donors (Lipinski definition) is 1. The van der Waals surface area contributed by atoms with Crippen LogP contribution in [0.4, 0.5) is 0 Å². The van der Waals surface area contributed by atoms with E-state index in [0.717, 1.165) is 24.2 Å². The maximum Gasteiger partial charge on any atom is 0.310 e. The van der Waals surface area contributed by atoms with Crippen molar-refractivity contribution in [3.05, 3.63) is 40.3 Å². The molecule has 1 aromatic carbocycles. The zero-order valence-electron chi connectivity index (χ0n) is 19.6. The van der Waals surface area contributed by atoms with Gasteiger partial charge in [0.05, 0.1) is 19.1 Å². The Morgan fingerprint density at radius 1 is 1.18 bits per heavy atom. The number of ether oxygens (including phenoxy) is 2. The summed E-state index contributed by atoms with van der Waals surface area (Å²) in [6.45, 7) is 3.77. The lowest BCUT2D eigenvalue weighted by atomic mass is 9.86. The van der Waals surface area contributed by atoms with Gasteiger partial charge in [0, 0.05) is 31.5 Å². The third-order valence-electron chi connectivity index (χ3n) is 6.55. The van der Waals surface area contributed by atoms with Gasteiger partial charge in [-0.25, -0.2) is 0 Å². The van der Waals surface area contributed by atoms with Crippen LogP contribution in [-0.4, -0.2) is 58.3 Å². The number of aromatic amines is 1. The summed E-state index contributed by atoms with van der Waals surface area (Å²) in [5.74, 6) is 1.10. The third kappa shape index (κ3) is 6.01. The SMILES string of the molecule is CCOC(=O)C1CCCN(C(=O)CCc2nnc(-c3cccc(OCC4CCC4)c3)[nH]c2=O)C1. The van der Waals surface area contributed by atoms with Crippen molar-refractivity contribution in [2.75, 3.05) is 26.3 Å². The van der Waals surface area contributed by atoms with E-state index in [1.54, 1.807) is 11.8 Å². The fourth-order valence-electron chi connectivity index (χ4n) is 4.30. The topological polar surface area (TPSA) is 114 Å². The number of hydrogen-bond acceptors (Lipinski definition) is 7. The van der Waals surface area contributed by atoms with Crippen LogP contribution in [0.3, 0.4) is 0 Å². The van der Waals surface area contributed by atoms with Crippen molar-refractivity contribution in [3.8, 4) is 17.1 Å². The number of rotatable bonds is 9. The molecule has 1 saturated heterocycles. The Labute approximate surface area is 198 Å². The van der Waals surface area contributed by atoms with Crippen molar-refractivity contribution in [1.82, 2.24) is 20.1 Å². The fourth-order valence-corrected chi connectivity index (χ4v) is 4.30. The first kappa shape index (κ1) is 23.9. The van der Waals surface area contributed by atoms with Gasteiger partial charge in [0.25, 0.3) is 5.56 Å². The lowest BCUT2D eigenvalue weighted by Crippen LogP contribution is -2.43. The van der Waals surface area contributed by atoms with E-state index >= 15 is 0 Å². The maximum atomic E-state index is 12.7. The number of likely N-dealkylation sites (tertiary alicyclic amines) is 1. The zero-order chi connectivity index (χ0) is 23.9. The molecule has 1 aromatic heterocycles. The van der Waals surface area contributed by atoms with E-state index in [9.17, 15) is 14.4 Å². The number of nitrogens with one attached hydrogen (secondary N) is 1. The number of piperidine rings is 1. The van der Waals surface area contributed by atoms with Gasteiger partial charge >= 0.3 is 5.97 Å². The summed E-state index contributed by atoms with van der Waals surface area (Å²) in [5.41, 5.74) is 0.576. The van der Waals surface area contributed by atoms with Gasteiger partial charge in [-0.05, 0) is 50.7 Å². The Bertz CT molecular complexity index is 1070. The first-order valence-electron chi connectivity index (χ1n) is 12.2. The highest BCUT2D eigenvalue weighted by molar-refractivity contribution is 5.78. The number of carbonyl (C=O) groups is 2. The highest BCUT2D eigenvalue weighted by atomic mass is 16.5. The van der Waals surface area contributed by atoms with E-state index in [4.69, 9.17) is 9.47 Å². The molecule has 182 valence electrons. The molecule has 1 aliphatic heterocycles. The first-order chi connectivity index (χ1) is 16.5. The molecule has 1 N–H and O–H groups in total. The van der Waals surface area contributed by atoms with Gasteiger partial charge in [-0.2, -0.15) is 0 Å². The van der Waals surface area contributed by atoms with Gasteiger partial charge in [-0.3, -0.25) is 14.4 Å². The second-order valence-electron chi connectivity index (χ2n) is 9.02. The summed E-state index contributed by atoms with van der Waals surface area (Å²) in [4.78, 5) is 41.7. The number of amides is 1. The third-order valence-corrected chi connectivity index (χ3v) is 6.55. The molecule has 1 amide bonds. The molecule has 1 saturated carbocycles. The summed E-state index contributed by atoms with van der Waals surface area (Å²) in [7, 11) is 0. The molecule has 1 unspecified atom stereocenters. The van der Waals surface area contributed by atoms with Crippen molar-refractivity contribution in [3.63, 3.8) is 0 Å². The van der Waals surface area contributed by atoms with Gasteiger partial charge in [-0.15, -0.1) is 10.2 Å². The van der Waals surface area contributed by atoms with E-state index < -0.39 is 0 Å². The Balaban J connectivity index is 1.33. The van der Waals surface area contributed by atoms with Gasteiger partial charge < -0.3 is 19.4 Å². The van der Waals surface area contributed by atoms with Crippen LogP contribution >= 0.6 is 0 Å². The number of aryl methyl sites for hydroxylation is 1. The van der Waals surface area contributed by atoms with Crippen molar-refractivity contribution in [2.24, 2.45) is 11.8 Å². The first-order valence-corrected chi connectivity index (χ1v) is 12.2. The van der Waals surface area contributed by atoms with Crippen LogP contribution in [0.1, 0.15) is 51.1 Å². The van der Waals surface area contributed by atoms with Crippen LogP contribution in [0.2, 0.25) is 0 Å². The number of esters is 1. The number of carbonyl (C=O) groups excluding carboxylic acids is 2. The van der Waals surface area contributed by atoms with Crippen LogP contribution < -0.4 is 10.3 Å². The Morgan fingerprint density at radius 3 is 2.76 bits per heavy atom. The minimum Gasteiger partial charge on any atom is -0.493 e. The van der Waals surface area contributed by atoms with E-state index in [1.807, 2.05) is 24.3 Å². The van der Waals surface area contributed by atoms with E-state index in [-0.39, 0.29) is 41.9 Å². The molecule has 2 aromatic rings. The highest BCUT2D eigenvalue weighted by Crippen LogP contribution is 2.28. The molecule has 1 aliphatic carbocycles. The van der Waals surface area contributed by atoms with Crippen LogP contribution in [0, 0.1) is 11.8 Å². The zero-order valence-corrected chi connectivity index (χ0v) is 19.6. The van der Waals surface area contributed by atoms with Crippen LogP contribution in [0.5, 0.6) is 5.75 Å². The normalized spacial score (nSPS) is 18.3. The highest BCUT2D eigenvalue weighted by Gasteiger charge is 2.29. The molecule has 0 radical (unpaired) electrons. The molecular formula is C25H32N4O5. The Kier molecular flexibility index (Phi) is 7.92. The number of benzene rings is 1. The Morgan fingerprint density at radius 2 is 2.03 bits per heavy atom. The molecule has 2 heterocycles. The fraction of sp³-hybridized carbons (Fsp3) is 0.560. The Hall–Kier alpha value is -3.23. The quantitative estimate of drug-likeness (QED) is 0.563. The lowest BCUT2D eigenvalue weighted by Gasteiger charge is -2.31. The van der Waals surface area contributed by atoms with E-state index in [1.165, 1.54) is 19.3 Å². The van der Waals surface area contributed by atoms with Crippen molar-refractivity contribution in [2.45, 2.75) is 51.9 Å². The predicted octanol–water partition coefficient (Wildman–Crippen LogP) is 2.75. The van der Waals surface area contributed by atoms with Gasteiger partial charge in [0.1, 0.15) is 11.4 Å². The number of H-pyrrole nitrogens is 1. The number of nitrogens with zero attached hydrogens (tertiary/aromatic N) is 3. The van der Waals surface area contributed by atoms with Crippen LogP contribution in [-0.2, 0) is 20.7 Å². The van der Waals surface area contributed by atoms with Crippen molar-refractivity contribution < 1.29 is 19.1 Å². The summed E-state index contributed by atoms with van der Waals surface area (Å²) in [5, 5.41) is 8.26. The molecule has 34 heavy (non-hydrogen) atoms. The smallest absolute Gasteiger partial charge is 0.310 e. The molecule has 1 atom stereocenters. The summed E-state index contributed by atoms with van der Waals surface area (Å²) < 4.78 is 11.0. The van der Waals surface area contributed by atoms with Gasteiger partial charge in [0.15, 0.2) is 5.82 Å². The second-order valence-corrected chi connectivity index (χ2v) is 9.02. The van der Waals surface area contributed by atoms with Crippen molar-refractivity contribution >= 4 is 11.9 Å². The van der Waals surface area contributed by atoms with Crippen LogP contribution in [0.15, 0.2) is 29.1 Å². The van der Waals surface area contributed by atoms with Crippen LogP contribution in [0.25, 0.3) is 11.4 Å². The molecule has 9 heteroatoms. The summed E-state index contributed by atoms with van der Waals surface area (Å²) >= 11 is 0. The second kappa shape index (κ2) is 11.3. The monoisotopic (exact) mass is 468 g/mol. The standard InChI is InChI=1S/C25H32N4O5/c1-2-33-25(32)19-9-5-13-29(15-19)22(30)12-11-21-24(31)26-23(28-27-21)18-8-4-10-20(14-18)34-16-17-6-3-7-17/h4,8,10,14,17,19H,2-3,5-7,9,11-13,15-16H2,1H3,(H,26,28,31). The molecule has 4 rings (SSSR count). The lowest BCUT2D eigenvalue weighted by molar-refractivity contribution is -0.151. The summed E-state index contributed by atoms with van der Waals surface area (Å²) in [6, 6.07) is 7.44. The molecule has 2 fully saturated rings. The largest absolute Gasteiger partial charge is 0.493 e. The van der Waals surface area contributed by atoms with Gasteiger partial charge in [0.2, 0.25) is 5.91 Å². The molecule has 0 spiro atoms. The average molecular weight is 469 g/mol. The van der Waals surface area contributed by atoms with E-state index in [0.29, 0.717) is 38.0 Å². The number of aromatic nitrogens is 3. The average Bonchev–Trinajstić information content (AvgIpc) is 2.82. The molecule has 9 nitrogen and oxygen atoms in total. The molecule has 0 bridgehead atoms.